The van der Waals surface area contributed by atoms with Crippen molar-refractivity contribution in [3.63, 3.8) is 0 Å². The molecule has 4 rings (SSSR count). The standard InChI is InChI=1S/C18H25BO2/c1-15(2)14-11-12-16(15,3)17(4)18(14,21-19(5)20-17)13-9-7-6-8-10-13/h6-10,14H,11-12H2,1-5H3/t14-,16+,17-,18+/m0/s1. The van der Waals surface area contributed by atoms with Gasteiger partial charge in [-0.05, 0) is 43.5 Å². The lowest BCUT2D eigenvalue weighted by Crippen LogP contribution is -2.55. The Bertz CT molecular complexity index is 586. The van der Waals surface area contributed by atoms with E-state index in [0.717, 1.165) is 0 Å². The average molecular weight is 284 g/mol. The van der Waals surface area contributed by atoms with E-state index in [9.17, 15) is 0 Å². The molecule has 1 aromatic rings. The molecule has 1 heterocycles. The first-order valence-electron chi connectivity index (χ1n) is 8.21. The Hall–Kier alpha value is -0.795. The first kappa shape index (κ1) is 13.8. The third-order valence-electron chi connectivity index (χ3n) is 7.43. The summed E-state index contributed by atoms with van der Waals surface area (Å²) in [6.07, 6.45) is 2.45. The van der Waals surface area contributed by atoms with Crippen molar-refractivity contribution < 1.29 is 9.31 Å². The molecule has 0 unspecified atom stereocenters. The fourth-order valence-electron chi connectivity index (χ4n) is 6.07. The molecule has 0 aromatic heterocycles. The molecular weight excluding hydrogens is 259 g/mol. The molecule has 0 radical (unpaired) electrons. The van der Waals surface area contributed by atoms with Gasteiger partial charge in [-0.2, -0.15) is 0 Å². The first-order chi connectivity index (χ1) is 9.80. The van der Waals surface area contributed by atoms with Gasteiger partial charge in [0.15, 0.2) is 0 Å². The molecule has 0 N–H and O–H groups in total. The molecular formula is C18H25BO2. The lowest BCUT2D eigenvalue weighted by molar-refractivity contribution is -0.115. The Morgan fingerprint density at radius 3 is 2.38 bits per heavy atom. The van der Waals surface area contributed by atoms with E-state index in [4.69, 9.17) is 9.31 Å². The monoisotopic (exact) mass is 284 g/mol. The average Bonchev–Trinajstić information content (AvgIpc) is 2.89. The van der Waals surface area contributed by atoms with Gasteiger partial charge in [0.05, 0.1) is 5.60 Å². The van der Waals surface area contributed by atoms with Gasteiger partial charge >= 0.3 is 7.12 Å². The van der Waals surface area contributed by atoms with Crippen LogP contribution < -0.4 is 0 Å². The molecule has 0 spiro atoms. The van der Waals surface area contributed by atoms with Crippen LogP contribution in [0, 0.1) is 16.7 Å². The summed E-state index contributed by atoms with van der Waals surface area (Å²) in [5.74, 6) is 0.507. The molecule has 2 saturated carbocycles. The Balaban J connectivity index is 2.01. The highest BCUT2D eigenvalue weighted by atomic mass is 16.7. The highest BCUT2D eigenvalue weighted by molar-refractivity contribution is 6.43. The summed E-state index contributed by atoms with van der Waals surface area (Å²) in [4.78, 5) is 0. The Morgan fingerprint density at radius 1 is 1.05 bits per heavy atom. The molecule has 3 fully saturated rings. The molecule has 1 saturated heterocycles. The van der Waals surface area contributed by atoms with Crippen LogP contribution >= 0.6 is 0 Å². The lowest BCUT2D eigenvalue weighted by Gasteiger charge is -2.50. The summed E-state index contributed by atoms with van der Waals surface area (Å²) in [5.41, 5.74) is 1.10. The van der Waals surface area contributed by atoms with Gasteiger partial charge in [0.25, 0.3) is 0 Å². The van der Waals surface area contributed by atoms with Crippen molar-refractivity contribution in [2.75, 3.05) is 0 Å². The van der Waals surface area contributed by atoms with Crippen molar-refractivity contribution in [3.8, 4) is 0 Å². The van der Waals surface area contributed by atoms with E-state index in [1.807, 2.05) is 6.82 Å². The zero-order valence-corrected chi connectivity index (χ0v) is 13.8. The molecule has 2 nitrogen and oxygen atoms in total. The minimum atomic E-state index is -0.301. The number of rotatable bonds is 1. The topological polar surface area (TPSA) is 18.5 Å². The Labute approximate surface area is 128 Å². The van der Waals surface area contributed by atoms with Crippen LogP contribution in [0.4, 0.5) is 0 Å². The van der Waals surface area contributed by atoms with Crippen molar-refractivity contribution in [3.05, 3.63) is 35.9 Å². The van der Waals surface area contributed by atoms with Gasteiger partial charge in [-0.15, -0.1) is 0 Å². The maximum atomic E-state index is 6.57. The van der Waals surface area contributed by atoms with Gasteiger partial charge in [0.2, 0.25) is 0 Å². The zero-order valence-electron chi connectivity index (χ0n) is 13.8. The maximum absolute atomic E-state index is 6.57. The van der Waals surface area contributed by atoms with E-state index in [2.05, 4.69) is 58.0 Å². The van der Waals surface area contributed by atoms with Gasteiger partial charge in [-0.3, -0.25) is 0 Å². The number of fused-ring (bicyclic) bond motifs is 5. The van der Waals surface area contributed by atoms with Gasteiger partial charge in [0.1, 0.15) is 5.60 Å². The van der Waals surface area contributed by atoms with Crippen molar-refractivity contribution in [1.29, 1.82) is 0 Å². The first-order valence-corrected chi connectivity index (χ1v) is 8.21. The van der Waals surface area contributed by atoms with Crippen LogP contribution in [-0.4, -0.2) is 12.7 Å². The summed E-state index contributed by atoms with van der Waals surface area (Å²) in [5, 5.41) is 0. The predicted molar refractivity (Wildman–Crippen MR) is 84.9 cm³/mol. The predicted octanol–water partition coefficient (Wildman–Crippen LogP) is 4.26. The van der Waals surface area contributed by atoms with Crippen LogP contribution in [-0.2, 0) is 14.9 Å². The van der Waals surface area contributed by atoms with Crippen LogP contribution in [0.2, 0.25) is 6.82 Å². The quantitative estimate of drug-likeness (QED) is 0.717. The minimum Gasteiger partial charge on any atom is -0.402 e. The van der Waals surface area contributed by atoms with E-state index >= 15 is 0 Å². The van der Waals surface area contributed by atoms with Crippen LogP contribution in [0.3, 0.4) is 0 Å². The zero-order chi connectivity index (χ0) is 15.1. The summed E-state index contributed by atoms with van der Waals surface area (Å²) in [7, 11) is -0.133. The van der Waals surface area contributed by atoms with E-state index in [1.165, 1.54) is 18.4 Å². The molecule has 112 valence electrons. The Kier molecular flexibility index (Phi) is 2.47. The SMILES string of the molecule is CB1O[C@]2(C)[C@](c3ccccc3)(O1)[C@H]1CC[C@]2(C)C1(C)C. The second-order valence-electron chi connectivity index (χ2n) is 8.08. The van der Waals surface area contributed by atoms with Crippen LogP contribution in [0.5, 0.6) is 0 Å². The number of hydrogen-bond donors (Lipinski definition) is 0. The fraction of sp³-hybridized carbons (Fsp3) is 0.667. The molecule has 2 bridgehead atoms. The summed E-state index contributed by atoms with van der Waals surface area (Å²) in [6.45, 7) is 11.6. The summed E-state index contributed by atoms with van der Waals surface area (Å²) >= 11 is 0. The van der Waals surface area contributed by atoms with Gasteiger partial charge in [0, 0.05) is 5.41 Å². The summed E-state index contributed by atoms with van der Waals surface area (Å²) < 4.78 is 13.1. The fourth-order valence-corrected chi connectivity index (χ4v) is 6.07. The molecule has 3 heteroatoms. The number of hydrogen-bond acceptors (Lipinski definition) is 2. The van der Waals surface area contributed by atoms with E-state index in [-0.39, 0.29) is 29.2 Å². The van der Waals surface area contributed by atoms with Crippen molar-refractivity contribution in [2.24, 2.45) is 16.7 Å². The molecule has 4 atom stereocenters. The Morgan fingerprint density at radius 2 is 1.71 bits per heavy atom. The minimum absolute atomic E-state index is 0.133. The molecule has 2 aliphatic carbocycles. The lowest BCUT2D eigenvalue weighted by atomic mass is 9.62. The molecule has 21 heavy (non-hydrogen) atoms. The summed E-state index contributed by atoms with van der Waals surface area (Å²) in [6, 6.07) is 10.8. The van der Waals surface area contributed by atoms with Gasteiger partial charge < -0.3 is 9.31 Å². The third-order valence-corrected chi connectivity index (χ3v) is 7.43. The molecule has 0 amide bonds. The highest BCUT2D eigenvalue weighted by Crippen LogP contribution is 2.79. The van der Waals surface area contributed by atoms with Gasteiger partial charge in [-0.1, -0.05) is 51.1 Å². The number of benzene rings is 1. The van der Waals surface area contributed by atoms with Crippen LogP contribution in [0.15, 0.2) is 30.3 Å². The van der Waals surface area contributed by atoms with Gasteiger partial charge in [-0.25, -0.2) is 0 Å². The largest absolute Gasteiger partial charge is 0.454 e. The third kappa shape index (κ3) is 1.22. The van der Waals surface area contributed by atoms with Crippen molar-refractivity contribution >= 4 is 7.12 Å². The maximum Gasteiger partial charge on any atom is 0.454 e. The second-order valence-corrected chi connectivity index (χ2v) is 8.08. The normalized spacial score (nSPS) is 46.9. The van der Waals surface area contributed by atoms with Crippen LogP contribution in [0.1, 0.15) is 46.1 Å². The van der Waals surface area contributed by atoms with E-state index in [0.29, 0.717) is 5.92 Å². The van der Waals surface area contributed by atoms with Crippen LogP contribution in [0.25, 0.3) is 0 Å². The van der Waals surface area contributed by atoms with E-state index < -0.39 is 0 Å². The van der Waals surface area contributed by atoms with E-state index in [1.54, 1.807) is 0 Å². The van der Waals surface area contributed by atoms with Crippen molar-refractivity contribution in [2.45, 2.75) is 58.6 Å². The van der Waals surface area contributed by atoms with Crippen molar-refractivity contribution in [1.82, 2.24) is 0 Å². The molecule has 1 aromatic carbocycles. The molecule has 1 aliphatic heterocycles. The highest BCUT2D eigenvalue weighted by Gasteiger charge is 2.82. The second kappa shape index (κ2) is 3.75. The smallest absolute Gasteiger partial charge is 0.402 e. The molecule has 3 aliphatic rings.